The van der Waals surface area contributed by atoms with Crippen LogP contribution >= 0.6 is 11.8 Å². The van der Waals surface area contributed by atoms with Crippen molar-refractivity contribution in [1.82, 2.24) is 21.3 Å². The number of carboxylic acid groups (broad SMARTS) is 1. The number of carbonyl (C=O) groups is 6. The number of phenolic OH excluding ortho intramolecular Hbond substituents is 1. The van der Waals surface area contributed by atoms with Crippen LogP contribution in [0.15, 0.2) is 54.6 Å². The molecular formula is C30H42N6O8S. The summed E-state index contributed by atoms with van der Waals surface area (Å²) in [6.07, 6.45) is 2.55. The highest BCUT2D eigenvalue weighted by atomic mass is 32.2. The van der Waals surface area contributed by atoms with E-state index in [0.717, 1.165) is 18.1 Å². The van der Waals surface area contributed by atoms with Gasteiger partial charge in [-0.05, 0) is 55.0 Å². The number of aliphatic carboxylic acids is 1. The van der Waals surface area contributed by atoms with Crippen LogP contribution in [-0.4, -0.2) is 88.4 Å². The number of rotatable bonds is 16. The molecule has 4 atom stereocenters. The zero-order valence-electron chi connectivity index (χ0n) is 25.4. The van der Waals surface area contributed by atoms with E-state index in [2.05, 4.69) is 21.3 Å². The zero-order chi connectivity index (χ0) is 33.9. The number of amides is 5. The average Bonchev–Trinajstić information content (AvgIpc) is 2.98. The third kappa shape index (κ3) is 16.1. The molecular weight excluding hydrogens is 604 g/mol. The zero-order valence-corrected chi connectivity index (χ0v) is 26.3. The van der Waals surface area contributed by atoms with Crippen molar-refractivity contribution in [2.24, 2.45) is 11.5 Å². The fourth-order valence-corrected chi connectivity index (χ4v) is 4.25. The highest BCUT2D eigenvalue weighted by Gasteiger charge is 2.26. The van der Waals surface area contributed by atoms with E-state index in [4.69, 9.17) is 21.4 Å². The quantitative estimate of drug-likeness (QED) is 0.115. The van der Waals surface area contributed by atoms with Crippen molar-refractivity contribution in [1.29, 1.82) is 0 Å². The molecule has 0 radical (unpaired) electrons. The molecule has 0 unspecified atom stereocenters. The molecule has 0 aliphatic carbocycles. The Balaban J connectivity index is 0.00000238. The van der Waals surface area contributed by atoms with Crippen LogP contribution in [0, 0.1) is 0 Å². The monoisotopic (exact) mass is 646 g/mol. The van der Waals surface area contributed by atoms with Crippen LogP contribution in [0.1, 0.15) is 31.4 Å². The number of carbonyl (C=O) groups excluding carboxylic acids is 5. The van der Waals surface area contributed by atoms with Gasteiger partial charge in [-0.25, -0.2) is 0 Å². The topological polar surface area (TPSA) is 243 Å². The summed E-state index contributed by atoms with van der Waals surface area (Å²) in [5.74, 6) is -3.22. The summed E-state index contributed by atoms with van der Waals surface area (Å²) in [6, 6.07) is 11.4. The molecule has 0 spiro atoms. The molecule has 0 aliphatic heterocycles. The van der Waals surface area contributed by atoms with Crippen molar-refractivity contribution in [3.8, 4) is 5.75 Å². The van der Waals surface area contributed by atoms with E-state index in [1.54, 1.807) is 36.4 Å². The number of nitrogens with two attached hydrogens (primary N) is 2. The van der Waals surface area contributed by atoms with E-state index >= 15 is 0 Å². The van der Waals surface area contributed by atoms with Crippen LogP contribution in [0.25, 0.3) is 0 Å². The average molecular weight is 647 g/mol. The van der Waals surface area contributed by atoms with E-state index in [-0.39, 0.29) is 18.6 Å². The van der Waals surface area contributed by atoms with Crippen molar-refractivity contribution >= 4 is 47.3 Å². The van der Waals surface area contributed by atoms with Crippen molar-refractivity contribution in [2.45, 2.75) is 57.3 Å². The van der Waals surface area contributed by atoms with Gasteiger partial charge >= 0.3 is 0 Å². The van der Waals surface area contributed by atoms with E-state index in [1.807, 2.05) is 12.3 Å². The Bertz CT molecular complexity index is 1270. The largest absolute Gasteiger partial charge is 0.508 e. The van der Waals surface area contributed by atoms with Crippen LogP contribution in [0.4, 0.5) is 0 Å². The minimum absolute atomic E-state index is 0.0918. The summed E-state index contributed by atoms with van der Waals surface area (Å²) in [6.45, 7) is 2.07. The van der Waals surface area contributed by atoms with Crippen LogP contribution in [0.2, 0.25) is 0 Å². The Kier molecular flexibility index (Phi) is 17.4. The lowest BCUT2D eigenvalue weighted by molar-refractivity contribution is -0.134. The summed E-state index contributed by atoms with van der Waals surface area (Å²) in [5.41, 5.74) is 12.9. The van der Waals surface area contributed by atoms with Gasteiger partial charge in [0.15, 0.2) is 0 Å². The minimum atomic E-state index is -1.03. The fourth-order valence-electron chi connectivity index (χ4n) is 3.78. The smallest absolute Gasteiger partial charge is 0.300 e. The van der Waals surface area contributed by atoms with Crippen LogP contribution < -0.4 is 32.7 Å². The van der Waals surface area contributed by atoms with E-state index in [0.29, 0.717) is 12.2 Å². The first-order valence-corrected chi connectivity index (χ1v) is 15.4. The molecule has 2 aromatic carbocycles. The van der Waals surface area contributed by atoms with Gasteiger partial charge in [-0.2, -0.15) is 11.8 Å². The van der Waals surface area contributed by atoms with E-state index in [9.17, 15) is 29.1 Å². The lowest BCUT2D eigenvalue weighted by Crippen LogP contribution is -2.56. The number of hydrogen-bond donors (Lipinski definition) is 8. The lowest BCUT2D eigenvalue weighted by atomic mass is 10.0. The summed E-state index contributed by atoms with van der Waals surface area (Å²) >= 11 is 1.50. The lowest BCUT2D eigenvalue weighted by Gasteiger charge is -2.22. The summed E-state index contributed by atoms with van der Waals surface area (Å²) < 4.78 is 0. The van der Waals surface area contributed by atoms with Crippen molar-refractivity contribution in [2.75, 3.05) is 18.6 Å². The number of nitrogens with one attached hydrogen (secondary N) is 4. The van der Waals surface area contributed by atoms with Gasteiger partial charge in [-0.15, -0.1) is 0 Å². The summed E-state index contributed by atoms with van der Waals surface area (Å²) in [5, 5.41) is 26.9. The third-order valence-corrected chi connectivity index (χ3v) is 6.75. The Labute approximate surface area is 266 Å². The molecule has 0 heterocycles. The number of aromatic hydroxyl groups is 1. The van der Waals surface area contributed by atoms with Gasteiger partial charge in [0.2, 0.25) is 29.5 Å². The molecule has 0 bridgehead atoms. The van der Waals surface area contributed by atoms with Gasteiger partial charge in [-0.1, -0.05) is 42.5 Å². The van der Waals surface area contributed by atoms with Gasteiger partial charge in [0.05, 0.1) is 12.6 Å². The van der Waals surface area contributed by atoms with Gasteiger partial charge in [0, 0.05) is 13.3 Å². The normalized spacial score (nSPS) is 13.0. The second-order valence-corrected chi connectivity index (χ2v) is 11.0. The predicted octanol–water partition coefficient (Wildman–Crippen LogP) is -0.575. The molecule has 2 aromatic rings. The molecule has 0 saturated heterocycles. The Morgan fingerprint density at radius 1 is 0.822 bits per heavy atom. The Hall–Kier alpha value is -4.63. The molecule has 246 valence electrons. The highest BCUT2D eigenvalue weighted by Crippen LogP contribution is 2.11. The molecule has 0 fully saturated rings. The molecule has 0 saturated carbocycles. The number of phenols is 1. The van der Waals surface area contributed by atoms with Gasteiger partial charge in [-0.3, -0.25) is 28.8 Å². The van der Waals surface area contributed by atoms with Crippen molar-refractivity contribution in [3.63, 3.8) is 0 Å². The first-order chi connectivity index (χ1) is 21.2. The number of hydrogen-bond acceptors (Lipinski definition) is 9. The van der Waals surface area contributed by atoms with Gasteiger partial charge < -0.3 is 42.9 Å². The molecule has 10 N–H and O–H groups in total. The molecule has 45 heavy (non-hydrogen) atoms. The fraction of sp³-hybridized carbons (Fsp3) is 0.400. The standard InChI is InChI=1S/C28H38N6O6S.C2H4O2/c1-17(32-27(39)21(29)14-19-8-10-20(35)11-9-19)26(38)31-16-24(36)33-23(15-18-6-4-3-5-7-18)28(40)34-22(25(30)37)12-13-41-2;1-2(3)4/h3-11,17,21-23,35H,12-16,29H2,1-2H3,(H2,30,37)(H,31,38)(H,32,39)(H,33,36)(H,34,40);1H3,(H,3,4)/t17-,21+,22+,23+;/m1./s1. The molecule has 14 nitrogen and oxygen atoms in total. The van der Waals surface area contributed by atoms with E-state index in [1.165, 1.54) is 30.8 Å². The molecule has 15 heteroatoms. The molecule has 5 amide bonds. The number of benzene rings is 2. The SMILES string of the molecule is CC(=O)O.CSCC[C@H](NC(=O)[C@H](Cc1ccccc1)NC(=O)CNC(=O)[C@@H](C)NC(=O)[C@@H](N)Cc1ccc(O)cc1)C(N)=O. The first-order valence-electron chi connectivity index (χ1n) is 14.0. The number of primary amides is 1. The first kappa shape index (κ1) is 38.4. The maximum Gasteiger partial charge on any atom is 0.300 e. The van der Waals surface area contributed by atoms with Gasteiger partial charge in [0.25, 0.3) is 5.97 Å². The number of thioether (sulfide) groups is 1. The maximum atomic E-state index is 13.0. The maximum absolute atomic E-state index is 13.0. The van der Waals surface area contributed by atoms with Crippen molar-refractivity contribution < 1.29 is 39.0 Å². The second kappa shape index (κ2) is 20.3. The summed E-state index contributed by atoms with van der Waals surface area (Å²) in [7, 11) is 0. The predicted molar refractivity (Wildman–Crippen MR) is 170 cm³/mol. The number of carboxylic acids is 1. The minimum Gasteiger partial charge on any atom is -0.508 e. The van der Waals surface area contributed by atoms with Crippen LogP contribution in [0.3, 0.4) is 0 Å². The van der Waals surface area contributed by atoms with Crippen LogP contribution in [0.5, 0.6) is 5.75 Å². The highest BCUT2D eigenvalue weighted by molar-refractivity contribution is 7.98. The molecule has 2 rings (SSSR count). The van der Waals surface area contributed by atoms with Gasteiger partial charge in [0.1, 0.15) is 23.9 Å². The summed E-state index contributed by atoms with van der Waals surface area (Å²) in [4.78, 5) is 71.5. The Morgan fingerprint density at radius 2 is 1.40 bits per heavy atom. The van der Waals surface area contributed by atoms with Crippen LogP contribution in [-0.2, 0) is 41.6 Å². The second-order valence-electron chi connectivity index (χ2n) is 10.00. The van der Waals surface area contributed by atoms with E-state index < -0.39 is 66.2 Å². The van der Waals surface area contributed by atoms with Crippen molar-refractivity contribution in [3.05, 3.63) is 65.7 Å². The molecule has 0 aliphatic rings. The molecule has 0 aromatic heterocycles. The Morgan fingerprint density at radius 3 is 1.96 bits per heavy atom. The third-order valence-electron chi connectivity index (χ3n) is 6.11.